The molecule has 5 heteroatoms. The van der Waals surface area contributed by atoms with Gasteiger partial charge in [0.15, 0.2) is 28.8 Å². The van der Waals surface area contributed by atoms with Gasteiger partial charge >= 0.3 is 0 Å². The Balaban J connectivity index is 0.972. The summed E-state index contributed by atoms with van der Waals surface area (Å²) in [6.07, 6.45) is 5.70. The standard InChI is InChI=1S/C58H39N3O2/c1-3-45-47(4-2)58(43-22-10-6-11-23-43,44-24-12-7-13-25-44)48-33-34-53-56(54(45)48)63-52-28-17-26-46(55(52)62-53)38-29-31-40(32-30-38)57-60-50(39-18-8-5-9-19-39)37-51(61-57)42-21-16-20-41(36-42)49-27-14-15-35-59-49/h3-37H,1-2H2. The molecule has 2 aliphatic rings. The minimum Gasteiger partial charge on any atom is -0.449 e. The second-order valence-electron chi connectivity index (χ2n) is 15.6. The van der Waals surface area contributed by atoms with Gasteiger partial charge in [-0.3, -0.25) is 4.98 Å². The van der Waals surface area contributed by atoms with E-state index in [1.807, 2.05) is 91.1 Å². The maximum absolute atomic E-state index is 6.95. The van der Waals surface area contributed by atoms with E-state index in [-0.39, 0.29) is 0 Å². The molecule has 0 amide bonds. The SMILES string of the molecule is C=CC1=C(C=C)C(c2ccccc2)(c2ccccc2)c2ccc3c(c21)Oc1cccc(-c2ccc(-c4nc(-c5ccccc5)cc(-c5cccc(-c6ccccn6)c5)n4)cc2)c1O3. The Bertz CT molecular complexity index is 3190. The Hall–Kier alpha value is -8.41. The van der Waals surface area contributed by atoms with Gasteiger partial charge < -0.3 is 9.47 Å². The summed E-state index contributed by atoms with van der Waals surface area (Å²) >= 11 is 0. The molecule has 0 saturated carbocycles. The zero-order valence-electron chi connectivity index (χ0n) is 34.3. The summed E-state index contributed by atoms with van der Waals surface area (Å²) in [5.74, 6) is 3.21. The van der Waals surface area contributed by atoms with Crippen LogP contribution in [0.2, 0.25) is 0 Å². The summed E-state index contributed by atoms with van der Waals surface area (Å²) in [5.41, 5.74) is 14.0. The van der Waals surface area contributed by atoms with Crippen molar-refractivity contribution in [3.63, 3.8) is 0 Å². The van der Waals surface area contributed by atoms with Crippen molar-refractivity contribution in [2.24, 2.45) is 0 Å². The molecule has 0 unspecified atom stereocenters. The number of ether oxygens (including phenoxy) is 2. The zero-order chi connectivity index (χ0) is 42.3. The van der Waals surface area contributed by atoms with Crippen LogP contribution in [0.15, 0.2) is 231 Å². The van der Waals surface area contributed by atoms with Crippen molar-refractivity contribution in [2.75, 3.05) is 0 Å². The average Bonchev–Trinajstić information content (AvgIpc) is 3.67. The van der Waals surface area contributed by atoms with Crippen LogP contribution in [0.4, 0.5) is 0 Å². The fourth-order valence-electron chi connectivity index (χ4n) is 9.25. The van der Waals surface area contributed by atoms with Gasteiger partial charge in [-0.1, -0.05) is 183 Å². The van der Waals surface area contributed by atoms with E-state index in [0.29, 0.717) is 28.8 Å². The van der Waals surface area contributed by atoms with Gasteiger partial charge in [0.05, 0.1) is 22.5 Å². The number of hydrogen-bond acceptors (Lipinski definition) is 5. The van der Waals surface area contributed by atoms with E-state index in [4.69, 9.17) is 19.4 Å². The van der Waals surface area contributed by atoms with Crippen LogP contribution in [0.1, 0.15) is 22.3 Å². The molecular weight excluding hydrogens is 771 g/mol. The highest BCUT2D eigenvalue weighted by atomic mass is 16.6. The number of allylic oxidation sites excluding steroid dienone is 4. The molecule has 63 heavy (non-hydrogen) atoms. The number of aromatic nitrogens is 3. The number of pyridine rings is 1. The van der Waals surface area contributed by atoms with Crippen LogP contribution < -0.4 is 9.47 Å². The number of hydrogen-bond donors (Lipinski definition) is 0. The summed E-state index contributed by atoms with van der Waals surface area (Å²) < 4.78 is 13.8. The summed E-state index contributed by atoms with van der Waals surface area (Å²) in [4.78, 5) is 14.8. The maximum atomic E-state index is 6.95. The Morgan fingerprint density at radius 3 is 1.70 bits per heavy atom. The minimum atomic E-state index is -0.639. The first-order chi connectivity index (χ1) is 31.1. The van der Waals surface area contributed by atoms with Crippen molar-refractivity contribution in [3.8, 4) is 79.3 Å². The van der Waals surface area contributed by atoms with Gasteiger partial charge in [0.1, 0.15) is 0 Å². The Morgan fingerprint density at radius 1 is 0.444 bits per heavy atom. The average molecular weight is 810 g/mol. The fraction of sp³-hybridized carbons (Fsp3) is 0.0172. The van der Waals surface area contributed by atoms with E-state index < -0.39 is 5.41 Å². The van der Waals surface area contributed by atoms with E-state index in [0.717, 1.165) is 83.9 Å². The lowest BCUT2D eigenvalue weighted by molar-refractivity contribution is 0.359. The molecular formula is C58H39N3O2. The Labute approximate surface area is 366 Å². The van der Waals surface area contributed by atoms with Gasteiger partial charge in [0.2, 0.25) is 0 Å². The molecule has 0 radical (unpaired) electrons. The van der Waals surface area contributed by atoms with E-state index >= 15 is 0 Å². The second-order valence-corrected chi connectivity index (χ2v) is 15.6. The van der Waals surface area contributed by atoms with Crippen LogP contribution in [0, 0.1) is 0 Å². The van der Waals surface area contributed by atoms with Gasteiger partial charge in [0, 0.05) is 39.6 Å². The smallest absolute Gasteiger partial charge is 0.178 e. The predicted octanol–water partition coefficient (Wildman–Crippen LogP) is 14.6. The van der Waals surface area contributed by atoms with E-state index in [9.17, 15) is 0 Å². The monoisotopic (exact) mass is 809 g/mol. The summed E-state index contributed by atoms with van der Waals surface area (Å²) in [6.45, 7) is 8.66. The third-order valence-corrected chi connectivity index (χ3v) is 12.1. The zero-order valence-corrected chi connectivity index (χ0v) is 34.3. The minimum absolute atomic E-state index is 0.630. The van der Waals surface area contributed by atoms with Crippen LogP contribution in [0.25, 0.3) is 61.9 Å². The van der Waals surface area contributed by atoms with Crippen molar-refractivity contribution in [3.05, 3.63) is 253 Å². The van der Waals surface area contributed by atoms with Crippen molar-refractivity contribution in [1.82, 2.24) is 15.0 Å². The lowest BCUT2D eigenvalue weighted by Gasteiger charge is -2.35. The number of para-hydroxylation sites is 1. The Morgan fingerprint density at radius 2 is 1.03 bits per heavy atom. The molecule has 0 spiro atoms. The predicted molar refractivity (Wildman–Crippen MR) is 254 cm³/mol. The first-order valence-electron chi connectivity index (χ1n) is 21.0. The molecule has 7 aromatic carbocycles. The van der Waals surface area contributed by atoms with Gasteiger partial charge in [-0.2, -0.15) is 0 Å². The molecule has 0 fully saturated rings. The van der Waals surface area contributed by atoms with Crippen molar-refractivity contribution >= 4 is 5.57 Å². The molecule has 1 aliphatic heterocycles. The summed E-state index contributed by atoms with van der Waals surface area (Å²) in [7, 11) is 0. The third-order valence-electron chi connectivity index (χ3n) is 12.1. The quantitative estimate of drug-likeness (QED) is 0.145. The second kappa shape index (κ2) is 15.6. The van der Waals surface area contributed by atoms with Crippen LogP contribution in [0.3, 0.4) is 0 Å². The number of fused-ring (bicyclic) bond motifs is 4. The van der Waals surface area contributed by atoms with Crippen molar-refractivity contribution in [1.29, 1.82) is 0 Å². The molecule has 0 N–H and O–H groups in total. The van der Waals surface area contributed by atoms with Crippen molar-refractivity contribution < 1.29 is 9.47 Å². The molecule has 11 rings (SSSR count). The first kappa shape index (κ1) is 37.6. The first-order valence-corrected chi connectivity index (χ1v) is 21.0. The van der Waals surface area contributed by atoms with Crippen LogP contribution in [-0.2, 0) is 5.41 Å². The molecule has 0 atom stereocenters. The highest BCUT2D eigenvalue weighted by Gasteiger charge is 2.48. The topological polar surface area (TPSA) is 57.1 Å². The van der Waals surface area contributed by atoms with Crippen molar-refractivity contribution in [2.45, 2.75) is 5.41 Å². The summed E-state index contributed by atoms with van der Waals surface area (Å²) in [5, 5.41) is 0. The van der Waals surface area contributed by atoms with Crippen LogP contribution >= 0.6 is 0 Å². The van der Waals surface area contributed by atoms with E-state index in [1.165, 1.54) is 0 Å². The maximum Gasteiger partial charge on any atom is 0.178 e. The molecule has 1 aliphatic carbocycles. The lowest BCUT2D eigenvalue weighted by Crippen LogP contribution is -2.29. The van der Waals surface area contributed by atoms with E-state index in [2.05, 4.69) is 139 Å². The lowest BCUT2D eigenvalue weighted by atomic mass is 9.67. The number of nitrogens with zero attached hydrogens (tertiary/aromatic N) is 3. The normalized spacial score (nSPS) is 13.2. The fourth-order valence-corrected chi connectivity index (χ4v) is 9.25. The molecule has 0 saturated heterocycles. The number of rotatable bonds is 9. The third kappa shape index (κ3) is 6.29. The highest BCUT2D eigenvalue weighted by molar-refractivity contribution is 5.95. The molecule has 3 heterocycles. The largest absolute Gasteiger partial charge is 0.449 e. The molecule has 9 aromatic rings. The van der Waals surface area contributed by atoms with Crippen LogP contribution in [-0.4, -0.2) is 15.0 Å². The number of benzene rings is 7. The molecule has 2 aromatic heterocycles. The molecule has 0 bridgehead atoms. The highest BCUT2D eigenvalue weighted by Crippen LogP contribution is 2.61. The molecule has 5 nitrogen and oxygen atoms in total. The van der Waals surface area contributed by atoms with Gasteiger partial charge in [0.25, 0.3) is 0 Å². The van der Waals surface area contributed by atoms with Gasteiger partial charge in [-0.05, 0) is 69.8 Å². The summed E-state index contributed by atoms with van der Waals surface area (Å²) in [6, 6.07) is 66.3. The molecule has 298 valence electrons. The Kier molecular flexibility index (Phi) is 9.28. The van der Waals surface area contributed by atoms with Gasteiger partial charge in [-0.15, -0.1) is 0 Å². The van der Waals surface area contributed by atoms with Gasteiger partial charge in [-0.25, -0.2) is 9.97 Å². The van der Waals surface area contributed by atoms with E-state index in [1.54, 1.807) is 0 Å². The van der Waals surface area contributed by atoms with Crippen LogP contribution in [0.5, 0.6) is 23.0 Å².